The van der Waals surface area contributed by atoms with Crippen molar-refractivity contribution < 1.29 is 9.32 Å². The maximum Gasteiger partial charge on any atom is 0.223 e. The molecule has 1 unspecified atom stereocenters. The molecule has 0 radical (unpaired) electrons. The molecule has 0 saturated carbocycles. The Kier molecular flexibility index (Phi) is 3.10. The van der Waals surface area contributed by atoms with Crippen molar-refractivity contribution >= 4 is 17.2 Å². The summed E-state index contributed by atoms with van der Waals surface area (Å²) in [6, 6.07) is 4.13. The molecule has 0 aliphatic carbocycles. The molecule has 2 aromatic heterocycles. The molecule has 1 fully saturated rings. The third-order valence-corrected chi connectivity index (χ3v) is 4.10. The van der Waals surface area contributed by atoms with Crippen LogP contribution in [-0.2, 0) is 11.2 Å². The molecule has 3 rings (SSSR count). The van der Waals surface area contributed by atoms with Gasteiger partial charge in [-0.1, -0.05) is 11.2 Å². The van der Waals surface area contributed by atoms with Crippen molar-refractivity contribution in [1.29, 1.82) is 0 Å². The third-order valence-electron chi connectivity index (χ3n) is 3.17. The van der Waals surface area contributed by atoms with Gasteiger partial charge in [0, 0.05) is 30.3 Å². The minimum atomic E-state index is 0.0829. The Morgan fingerprint density at radius 1 is 1.56 bits per heavy atom. The van der Waals surface area contributed by atoms with Crippen LogP contribution in [-0.4, -0.2) is 34.0 Å². The van der Waals surface area contributed by atoms with Gasteiger partial charge in [-0.05, 0) is 17.9 Å². The number of aromatic nitrogens is 2. The summed E-state index contributed by atoms with van der Waals surface area (Å²) in [5.41, 5.74) is 0. The van der Waals surface area contributed by atoms with Gasteiger partial charge in [0.25, 0.3) is 0 Å². The largest absolute Gasteiger partial charge is 0.343 e. The minimum absolute atomic E-state index is 0.0829. The highest BCUT2D eigenvalue weighted by molar-refractivity contribution is 7.09. The first-order chi connectivity index (χ1) is 8.83. The minimum Gasteiger partial charge on any atom is -0.343 e. The van der Waals surface area contributed by atoms with E-state index in [2.05, 4.69) is 21.6 Å². The Morgan fingerprint density at radius 2 is 2.50 bits per heavy atom. The molecular formula is C12H13N3O2S. The van der Waals surface area contributed by atoms with E-state index in [0.29, 0.717) is 18.8 Å². The fourth-order valence-electron chi connectivity index (χ4n) is 2.22. The molecule has 5 nitrogen and oxygen atoms in total. The molecule has 1 aliphatic rings. The van der Waals surface area contributed by atoms with Crippen LogP contribution in [0.2, 0.25) is 0 Å². The Labute approximate surface area is 108 Å². The van der Waals surface area contributed by atoms with E-state index in [1.807, 2.05) is 11.0 Å². The molecule has 0 N–H and O–H groups in total. The van der Waals surface area contributed by atoms with E-state index in [0.717, 1.165) is 13.0 Å². The number of likely N-dealkylation sites (tertiary alicyclic amines) is 1. The molecule has 0 bridgehead atoms. The normalized spacial score (nSPS) is 19.7. The first kappa shape index (κ1) is 11.4. The zero-order chi connectivity index (χ0) is 12.4. The van der Waals surface area contributed by atoms with Gasteiger partial charge in [0.1, 0.15) is 0 Å². The lowest BCUT2D eigenvalue weighted by molar-refractivity contribution is -0.127. The summed E-state index contributed by atoms with van der Waals surface area (Å²) in [4.78, 5) is 19.1. The van der Waals surface area contributed by atoms with Gasteiger partial charge >= 0.3 is 0 Å². The zero-order valence-electron chi connectivity index (χ0n) is 9.78. The summed E-state index contributed by atoms with van der Waals surface area (Å²) in [5.74, 6) is 0.905. The number of amides is 1. The fourth-order valence-corrected chi connectivity index (χ4v) is 2.92. The summed E-state index contributed by atoms with van der Waals surface area (Å²) >= 11 is 1.73. The lowest BCUT2D eigenvalue weighted by Gasteiger charge is -2.15. The lowest BCUT2D eigenvalue weighted by Crippen LogP contribution is -2.27. The molecule has 18 heavy (non-hydrogen) atoms. The number of rotatable bonds is 4. The Balaban J connectivity index is 1.59. The topological polar surface area (TPSA) is 59.2 Å². The molecule has 94 valence electrons. The average Bonchev–Trinajstić information content (AvgIpc) is 3.09. The van der Waals surface area contributed by atoms with E-state index in [9.17, 15) is 4.79 Å². The Bertz CT molecular complexity index is 509. The van der Waals surface area contributed by atoms with Crippen LogP contribution in [0, 0.1) is 0 Å². The van der Waals surface area contributed by atoms with Crippen LogP contribution in [0.5, 0.6) is 0 Å². The number of nitrogens with zero attached hydrogens (tertiary/aromatic N) is 3. The summed E-state index contributed by atoms with van der Waals surface area (Å²) < 4.78 is 4.73. The van der Waals surface area contributed by atoms with Gasteiger partial charge in [-0.25, -0.2) is 0 Å². The smallest absolute Gasteiger partial charge is 0.223 e. The number of hydrogen-bond acceptors (Lipinski definition) is 5. The fraction of sp³-hybridized carbons (Fsp3) is 0.417. The van der Waals surface area contributed by atoms with Gasteiger partial charge in [-0.3, -0.25) is 4.79 Å². The van der Waals surface area contributed by atoms with Crippen molar-refractivity contribution in [2.24, 2.45) is 0 Å². The average molecular weight is 263 g/mol. The molecular weight excluding hydrogens is 250 g/mol. The van der Waals surface area contributed by atoms with Gasteiger partial charge < -0.3 is 9.42 Å². The van der Waals surface area contributed by atoms with Gasteiger partial charge in [0.15, 0.2) is 5.82 Å². The van der Waals surface area contributed by atoms with Gasteiger partial charge in [-0.15, -0.1) is 11.3 Å². The van der Waals surface area contributed by atoms with Crippen molar-refractivity contribution in [2.75, 3.05) is 13.1 Å². The molecule has 1 aliphatic heterocycles. The molecule has 0 spiro atoms. The van der Waals surface area contributed by atoms with Crippen LogP contribution in [0.15, 0.2) is 28.4 Å². The molecule has 2 aromatic rings. The highest BCUT2D eigenvalue weighted by Gasteiger charge is 2.32. The summed E-state index contributed by atoms with van der Waals surface area (Å²) in [7, 11) is 0. The molecule has 3 heterocycles. The van der Waals surface area contributed by atoms with Crippen LogP contribution in [0.25, 0.3) is 0 Å². The van der Waals surface area contributed by atoms with Crippen molar-refractivity contribution in [3.63, 3.8) is 0 Å². The summed E-state index contributed by atoms with van der Waals surface area (Å²) in [5, 5.41) is 5.87. The highest BCUT2D eigenvalue weighted by atomic mass is 32.1. The van der Waals surface area contributed by atoms with Gasteiger partial charge in [-0.2, -0.15) is 4.98 Å². The molecule has 1 atom stereocenters. The van der Waals surface area contributed by atoms with Gasteiger partial charge in [0.05, 0.1) is 0 Å². The van der Waals surface area contributed by atoms with E-state index in [-0.39, 0.29) is 11.8 Å². The third kappa shape index (κ3) is 2.28. The van der Waals surface area contributed by atoms with Crippen LogP contribution >= 0.6 is 11.3 Å². The SMILES string of the molecule is O=C1CC(c2ncon2)CN1CCc1cccs1. The molecule has 1 saturated heterocycles. The summed E-state index contributed by atoms with van der Waals surface area (Å²) in [6.07, 6.45) is 2.72. The van der Waals surface area contributed by atoms with E-state index in [1.54, 1.807) is 11.3 Å². The highest BCUT2D eigenvalue weighted by Crippen LogP contribution is 2.25. The standard InChI is InChI=1S/C12H13N3O2S/c16-11-6-9(12-13-8-17-14-12)7-15(11)4-3-10-2-1-5-18-10/h1-2,5,8-9H,3-4,6-7H2. The monoisotopic (exact) mass is 263 g/mol. The predicted molar refractivity (Wildman–Crippen MR) is 66.3 cm³/mol. The lowest BCUT2D eigenvalue weighted by atomic mass is 10.1. The maximum absolute atomic E-state index is 11.9. The molecule has 6 heteroatoms. The van der Waals surface area contributed by atoms with E-state index in [1.165, 1.54) is 11.3 Å². The Morgan fingerprint density at radius 3 is 3.22 bits per heavy atom. The van der Waals surface area contributed by atoms with E-state index in [4.69, 9.17) is 4.52 Å². The van der Waals surface area contributed by atoms with Crippen LogP contribution in [0.1, 0.15) is 23.0 Å². The van der Waals surface area contributed by atoms with Crippen LogP contribution < -0.4 is 0 Å². The molecule has 0 aromatic carbocycles. The van der Waals surface area contributed by atoms with Crippen molar-refractivity contribution in [3.05, 3.63) is 34.6 Å². The van der Waals surface area contributed by atoms with E-state index >= 15 is 0 Å². The van der Waals surface area contributed by atoms with E-state index < -0.39 is 0 Å². The second kappa shape index (κ2) is 4.89. The second-order valence-electron chi connectivity index (χ2n) is 4.36. The summed E-state index contributed by atoms with van der Waals surface area (Å²) in [6.45, 7) is 1.47. The Hall–Kier alpha value is -1.69. The van der Waals surface area contributed by atoms with Crippen molar-refractivity contribution in [2.45, 2.75) is 18.8 Å². The molecule has 1 amide bonds. The quantitative estimate of drug-likeness (QED) is 0.842. The second-order valence-corrected chi connectivity index (χ2v) is 5.39. The number of carbonyl (C=O) groups is 1. The van der Waals surface area contributed by atoms with Crippen molar-refractivity contribution in [3.8, 4) is 0 Å². The number of carbonyl (C=O) groups excluding carboxylic acids is 1. The van der Waals surface area contributed by atoms with Crippen molar-refractivity contribution in [1.82, 2.24) is 15.0 Å². The first-order valence-electron chi connectivity index (χ1n) is 5.89. The predicted octanol–water partition coefficient (Wildman–Crippen LogP) is 1.69. The van der Waals surface area contributed by atoms with Gasteiger partial charge in [0.2, 0.25) is 12.3 Å². The number of thiophene rings is 1. The van der Waals surface area contributed by atoms with Crippen LogP contribution in [0.4, 0.5) is 0 Å². The zero-order valence-corrected chi connectivity index (χ0v) is 10.6. The first-order valence-corrected chi connectivity index (χ1v) is 6.77. The number of hydrogen-bond donors (Lipinski definition) is 0. The van der Waals surface area contributed by atoms with Crippen LogP contribution in [0.3, 0.4) is 0 Å². The maximum atomic E-state index is 11.9.